The Bertz CT molecular complexity index is 1470. The summed E-state index contributed by atoms with van der Waals surface area (Å²) in [6.07, 6.45) is -0.871. The summed E-state index contributed by atoms with van der Waals surface area (Å²) in [4.78, 5) is 35.5. The molecule has 0 radical (unpaired) electrons. The van der Waals surface area contributed by atoms with Gasteiger partial charge in [0.05, 0.1) is 16.9 Å². The summed E-state index contributed by atoms with van der Waals surface area (Å²) in [6, 6.07) is 10.5. The molecule has 0 amide bonds. The number of rotatable bonds is 8. The standard InChI is InChI=1S/C29H33Cl2F3N6O2/c1-17-14-40(18(2)13-39(17)22-7-9-38(10-8-22)15-19-3-5-20(30)6-4-19)28-23(31)11-21(12-35-28)37-25-24(26(41)27(25)42)36-16-29(32,33)34/h3-6,11-12,17-18,22,36-37H,7-10,13-16H2,1-2H3/t17-,18+/m1/s1. The summed E-state index contributed by atoms with van der Waals surface area (Å²) in [5.74, 6) is 0.597. The largest absolute Gasteiger partial charge is 0.405 e. The van der Waals surface area contributed by atoms with Gasteiger partial charge >= 0.3 is 6.18 Å². The lowest BCUT2D eigenvalue weighted by Gasteiger charge is -2.49. The zero-order valence-electron chi connectivity index (χ0n) is 23.3. The van der Waals surface area contributed by atoms with Gasteiger partial charge in [0.1, 0.15) is 23.7 Å². The van der Waals surface area contributed by atoms with Gasteiger partial charge < -0.3 is 15.5 Å². The van der Waals surface area contributed by atoms with E-state index in [0.717, 1.165) is 50.6 Å². The Morgan fingerprint density at radius 1 is 0.976 bits per heavy atom. The Balaban J connectivity index is 1.18. The molecule has 8 nitrogen and oxygen atoms in total. The highest BCUT2D eigenvalue weighted by atomic mass is 35.5. The molecule has 3 aromatic rings. The lowest BCUT2D eigenvalue weighted by atomic mass is 9.97. The first kappa shape index (κ1) is 30.6. The highest BCUT2D eigenvalue weighted by molar-refractivity contribution is 6.33. The number of likely N-dealkylation sites (tertiary alicyclic amines) is 1. The predicted molar refractivity (Wildman–Crippen MR) is 161 cm³/mol. The van der Waals surface area contributed by atoms with Crippen molar-refractivity contribution in [2.45, 2.75) is 57.5 Å². The van der Waals surface area contributed by atoms with Crippen LogP contribution in [0.2, 0.25) is 10.0 Å². The Kier molecular flexibility index (Phi) is 9.03. The van der Waals surface area contributed by atoms with Gasteiger partial charge in [-0.3, -0.25) is 19.4 Å². The molecule has 0 spiro atoms. The molecule has 1 aromatic heterocycles. The first-order chi connectivity index (χ1) is 19.9. The van der Waals surface area contributed by atoms with Gasteiger partial charge in [0, 0.05) is 42.8 Å². The minimum Gasteiger partial charge on any atom is -0.371 e. The van der Waals surface area contributed by atoms with Gasteiger partial charge in [-0.05, 0) is 63.5 Å². The Labute approximate surface area is 252 Å². The number of hydrogen-bond donors (Lipinski definition) is 2. The highest BCUT2D eigenvalue weighted by Gasteiger charge is 2.36. The van der Waals surface area contributed by atoms with Gasteiger partial charge in [0.25, 0.3) is 10.9 Å². The maximum absolute atomic E-state index is 12.6. The van der Waals surface area contributed by atoms with Crippen LogP contribution in [0.5, 0.6) is 0 Å². The van der Waals surface area contributed by atoms with E-state index in [4.69, 9.17) is 23.2 Å². The lowest BCUT2D eigenvalue weighted by molar-refractivity contribution is -0.115. The quantitative estimate of drug-likeness (QED) is 0.328. The number of nitrogens with zero attached hydrogens (tertiary/aromatic N) is 4. The van der Waals surface area contributed by atoms with E-state index in [1.165, 1.54) is 11.8 Å². The summed E-state index contributed by atoms with van der Waals surface area (Å²) < 4.78 is 37.7. The molecule has 3 heterocycles. The van der Waals surface area contributed by atoms with E-state index in [-0.39, 0.29) is 17.8 Å². The summed E-state index contributed by atoms with van der Waals surface area (Å²) in [5, 5.41) is 5.78. The molecule has 2 N–H and O–H groups in total. The van der Waals surface area contributed by atoms with Crippen LogP contribution < -0.4 is 26.4 Å². The van der Waals surface area contributed by atoms with E-state index in [9.17, 15) is 22.8 Å². The number of piperidine rings is 1. The number of nitrogens with one attached hydrogen (secondary N) is 2. The molecule has 42 heavy (non-hydrogen) atoms. The van der Waals surface area contributed by atoms with Crippen LogP contribution in [0.1, 0.15) is 32.3 Å². The Morgan fingerprint density at radius 2 is 1.64 bits per heavy atom. The normalized spacial score (nSPS) is 21.2. The number of piperazine rings is 1. The van der Waals surface area contributed by atoms with Gasteiger partial charge in [-0.1, -0.05) is 35.3 Å². The zero-order chi connectivity index (χ0) is 30.2. The molecule has 0 aliphatic carbocycles. The molecule has 0 saturated carbocycles. The number of anilines is 4. The van der Waals surface area contributed by atoms with Crippen molar-refractivity contribution in [3.8, 4) is 0 Å². The van der Waals surface area contributed by atoms with Gasteiger partial charge in [-0.25, -0.2) is 4.98 Å². The minimum absolute atomic E-state index is 0.142. The number of hydrogen-bond acceptors (Lipinski definition) is 8. The van der Waals surface area contributed by atoms with Crippen molar-refractivity contribution in [3.05, 3.63) is 72.6 Å². The van der Waals surface area contributed by atoms with Crippen molar-refractivity contribution in [3.63, 3.8) is 0 Å². The fraction of sp³-hybridized carbons (Fsp3) is 0.483. The smallest absolute Gasteiger partial charge is 0.371 e. The number of alkyl halides is 3. The second kappa shape index (κ2) is 12.4. The van der Waals surface area contributed by atoms with E-state index < -0.39 is 29.3 Å². The summed E-state index contributed by atoms with van der Waals surface area (Å²) in [5.41, 5.74) is -0.950. The molecule has 2 aliphatic rings. The van der Waals surface area contributed by atoms with Gasteiger partial charge in [-0.2, -0.15) is 13.2 Å². The fourth-order valence-electron chi connectivity index (χ4n) is 5.94. The van der Waals surface area contributed by atoms with E-state index in [0.29, 0.717) is 22.6 Å². The molecule has 2 fully saturated rings. The van der Waals surface area contributed by atoms with E-state index in [1.54, 1.807) is 6.07 Å². The monoisotopic (exact) mass is 624 g/mol. The van der Waals surface area contributed by atoms with Crippen molar-refractivity contribution in [2.24, 2.45) is 0 Å². The third-order valence-corrected chi connectivity index (χ3v) is 8.65. The molecule has 5 rings (SSSR count). The average molecular weight is 626 g/mol. The maximum atomic E-state index is 12.6. The van der Waals surface area contributed by atoms with Gasteiger partial charge in [0.15, 0.2) is 0 Å². The second-order valence-corrected chi connectivity index (χ2v) is 12.1. The Hall–Kier alpha value is -2.86. The van der Waals surface area contributed by atoms with Crippen molar-refractivity contribution in [1.29, 1.82) is 0 Å². The third kappa shape index (κ3) is 6.85. The summed E-state index contributed by atoms with van der Waals surface area (Å²) >= 11 is 12.6. The summed E-state index contributed by atoms with van der Waals surface area (Å²) in [6.45, 7) is 7.52. The highest BCUT2D eigenvalue weighted by Crippen LogP contribution is 2.33. The van der Waals surface area contributed by atoms with Crippen LogP contribution in [-0.2, 0) is 6.54 Å². The van der Waals surface area contributed by atoms with E-state index in [2.05, 4.69) is 51.0 Å². The molecule has 0 bridgehead atoms. The zero-order valence-corrected chi connectivity index (χ0v) is 24.9. The third-order valence-electron chi connectivity index (χ3n) is 8.12. The van der Waals surface area contributed by atoms with Crippen molar-refractivity contribution in [2.75, 3.05) is 48.3 Å². The number of halogens is 5. The van der Waals surface area contributed by atoms with Crippen LogP contribution >= 0.6 is 23.2 Å². The van der Waals surface area contributed by atoms with Crippen LogP contribution in [0.4, 0.5) is 36.1 Å². The number of pyridine rings is 1. The van der Waals surface area contributed by atoms with Crippen LogP contribution in [0, 0.1) is 0 Å². The van der Waals surface area contributed by atoms with E-state index >= 15 is 0 Å². The molecular formula is C29H33Cl2F3N6O2. The molecule has 2 saturated heterocycles. The van der Waals surface area contributed by atoms with Crippen LogP contribution in [0.3, 0.4) is 0 Å². The first-order valence-electron chi connectivity index (χ1n) is 14.0. The van der Waals surface area contributed by atoms with Crippen molar-refractivity contribution < 1.29 is 13.2 Å². The predicted octanol–water partition coefficient (Wildman–Crippen LogP) is 5.27. The van der Waals surface area contributed by atoms with E-state index in [1.807, 2.05) is 17.4 Å². The van der Waals surface area contributed by atoms with Crippen molar-refractivity contribution in [1.82, 2.24) is 14.8 Å². The summed E-state index contributed by atoms with van der Waals surface area (Å²) in [7, 11) is 0. The second-order valence-electron chi connectivity index (χ2n) is 11.2. The molecule has 2 aromatic carbocycles. The fourth-order valence-corrected chi connectivity index (χ4v) is 6.34. The van der Waals surface area contributed by atoms with Crippen molar-refractivity contribution >= 4 is 46.1 Å². The molecule has 2 atom stereocenters. The SMILES string of the molecule is C[C@@H]1CN(c2ncc(Nc3c(NCC(F)(F)F)c(=O)c3=O)cc2Cl)[C@@H](C)CN1C1CCN(Cc2ccc(Cl)cc2)CC1. The van der Waals surface area contributed by atoms with Crippen LogP contribution in [0.15, 0.2) is 46.1 Å². The molecular weight excluding hydrogens is 592 g/mol. The number of benzene rings is 1. The van der Waals surface area contributed by atoms with Gasteiger partial charge in [-0.15, -0.1) is 0 Å². The molecule has 13 heteroatoms. The molecule has 2 aliphatic heterocycles. The molecule has 226 valence electrons. The Morgan fingerprint density at radius 3 is 2.29 bits per heavy atom. The average Bonchev–Trinajstić information content (AvgIpc) is 2.95. The van der Waals surface area contributed by atoms with Crippen LogP contribution in [-0.4, -0.2) is 71.8 Å². The van der Waals surface area contributed by atoms with Gasteiger partial charge in [0.2, 0.25) is 0 Å². The lowest BCUT2D eigenvalue weighted by Crippen LogP contribution is -2.61. The first-order valence-corrected chi connectivity index (χ1v) is 14.7. The maximum Gasteiger partial charge on any atom is 0.405 e. The van der Waals surface area contributed by atoms with Crippen LogP contribution in [0.25, 0.3) is 0 Å². The molecule has 0 unspecified atom stereocenters. The minimum atomic E-state index is -4.53. The number of aromatic nitrogens is 1. The topological polar surface area (TPSA) is 80.8 Å².